The molecule has 0 fully saturated rings. The second-order valence-electron chi connectivity index (χ2n) is 14.6. The monoisotopic (exact) mass is 588 g/mol. The summed E-state index contributed by atoms with van der Waals surface area (Å²) >= 11 is 0. The summed E-state index contributed by atoms with van der Waals surface area (Å²) < 4.78 is 0. The number of carbonyl (C=O) groups is 1. The maximum Gasteiger partial charge on any atom is 1.00 e. The van der Waals surface area contributed by atoms with Gasteiger partial charge in [-0.15, -0.1) is 0 Å². The van der Waals surface area contributed by atoms with Crippen molar-refractivity contribution in [2.75, 3.05) is 19.6 Å². The van der Waals surface area contributed by atoms with E-state index in [1.165, 1.54) is 19.6 Å². The Bertz CT molecular complexity index is 1020. The molecule has 1 N–H and O–H groups in total. The van der Waals surface area contributed by atoms with Crippen molar-refractivity contribution in [3.05, 3.63) is 51.9 Å². The fourth-order valence-corrected chi connectivity index (χ4v) is 4.37. The van der Waals surface area contributed by atoms with Gasteiger partial charge in [-0.2, -0.15) is 0 Å². The molecule has 0 radical (unpaired) electrons. The Hall–Kier alpha value is -1.55. The number of nitrogens with zero attached hydrogens (tertiary/aromatic N) is 2. The van der Waals surface area contributed by atoms with Crippen LogP contribution in [0.5, 0.6) is 5.75 Å². The number of phenols is 1. The first-order valence-electron chi connectivity index (χ1n) is 14.4. The topological polar surface area (TPSA) is 54.6 Å². The zero-order valence-electron chi connectivity index (χ0n) is 27.6. The number of hydrogen-bond donors (Lipinski definition) is 1. The number of phenolic OH excluding ortho intramolecular Hbond substituents is 1. The summed E-state index contributed by atoms with van der Waals surface area (Å²) in [6.45, 7) is 35.5. The molecule has 4 nitrogen and oxygen atoms in total. The third-order valence-corrected chi connectivity index (χ3v) is 7.23. The van der Waals surface area contributed by atoms with Gasteiger partial charge < -0.3 is 15.3 Å². The van der Waals surface area contributed by atoms with Crippen molar-refractivity contribution in [2.45, 2.75) is 121 Å². The first-order valence-corrected chi connectivity index (χ1v) is 14.4. The molecule has 1 aliphatic rings. The molecule has 39 heavy (non-hydrogen) atoms. The number of Topliss-reactive ketones (excluding diaryl/α,β-unsaturated/α-hetero) is 1. The van der Waals surface area contributed by atoms with Crippen molar-refractivity contribution in [1.29, 1.82) is 0 Å². The molecule has 2 rings (SSSR count). The molecule has 0 saturated heterocycles. The van der Waals surface area contributed by atoms with E-state index in [9.17, 15) is 9.90 Å². The number of hydrogen-bond acceptors (Lipinski definition) is 3. The van der Waals surface area contributed by atoms with Crippen LogP contribution in [0.4, 0.5) is 5.69 Å². The minimum atomic E-state index is -0.637. The van der Waals surface area contributed by atoms with Crippen molar-refractivity contribution < 1.29 is 27.0 Å². The molecule has 1 unspecified atom stereocenters. The predicted molar refractivity (Wildman–Crippen MR) is 166 cm³/mol. The number of aromatic hydroxyl groups is 1. The minimum absolute atomic E-state index is 0. The van der Waals surface area contributed by atoms with E-state index in [1.54, 1.807) is 0 Å². The number of ketones is 1. The van der Waals surface area contributed by atoms with E-state index in [1.807, 2.05) is 18.2 Å². The van der Waals surface area contributed by atoms with Crippen LogP contribution in [0.1, 0.15) is 115 Å². The molecule has 5 heteroatoms. The van der Waals surface area contributed by atoms with Gasteiger partial charge in [-0.1, -0.05) is 134 Å². The fraction of sp³-hybridized carbons (Fsp3) is 0.676. The van der Waals surface area contributed by atoms with Crippen LogP contribution in [0, 0.1) is 10.8 Å². The van der Waals surface area contributed by atoms with Gasteiger partial charge in [0, 0.05) is 0 Å². The van der Waals surface area contributed by atoms with E-state index in [4.69, 9.17) is 5.32 Å². The van der Waals surface area contributed by atoms with Gasteiger partial charge in [0.2, 0.25) is 0 Å². The average molecular weight is 589 g/mol. The van der Waals surface area contributed by atoms with E-state index in [-0.39, 0.29) is 50.3 Å². The third-order valence-electron chi connectivity index (χ3n) is 7.23. The Balaban J connectivity index is 0.00000159. The smallest absolute Gasteiger partial charge is 0.669 e. The summed E-state index contributed by atoms with van der Waals surface area (Å²) in [5.74, 6) is 0.184. The van der Waals surface area contributed by atoms with Gasteiger partial charge in [0.25, 0.3) is 0 Å². The maximum absolute atomic E-state index is 13.4. The molecule has 1 atom stereocenters. The van der Waals surface area contributed by atoms with Gasteiger partial charge >= 0.3 is 17.1 Å². The number of benzene rings is 1. The first-order chi connectivity index (χ1) is 17.1. The minimum Gasteiger partial charge on any atom is -0.669 e. The van der Waals surface area contributed by atoms with E-state index < -0.39 is 6.04 Å². The summed E-state index contributed by atoms with van der Waals surface area (Å²) in [5.41, 5.74) is 3.63. The molecule has 0 bridgehead atoms. The first kappa shape index (κ1) is 37.4. The van der Waals surface area contributed by atoms with Crippen LogP contribution in [0.25, 0.3) is 5.32 Å². The average Bonchev–Trinajstić information content (AvgIpc) is 2.74. The molecule has 0 heterocycles. The molecule has 1 aromatic rings. The summed E-state index contributed by atoms with van der Waals surface area (Å²) in [6, 6.07) is 3.38. The van der Waals surface area contributed by atoms with Gasteiger partial charge in [-0.25, -0.2) is 0 Å². The van der Waals surface area contributed by atoms with Gasteiger partial charge in [-0.05, 0) is 69.6 Å². The summed E-state index contributed by atoms with van der Waals surface area (Å²) in [7, 11) is 0. The molecule has 0 aromatic heterocycles. The van der Waals surface area contributed by atoms with Crippen LogP contribution in [0.3, 0.4) is 0 Å². The van der Waals surface area contributed by atoms with Gasteiger partial charge in [0.05, 0.1) is 0 Å². The zero-order chi connectivity index (χ0) is 29.9. The van der Waals surface area contributed by atoms with Crippen LogP contribution in [0.2, 0.25) is 0 Å². The normalized spacial score (nSPS) is 16.6. The number of allylic oxidation sites excluding steroid dienone is 2. The SMILES string of the molecule is CC(C)(C)C1=CC([N-]c2cc(C(C)(C)C)cc(C(C)(C)C)c2O)C(=O)C(C(C)(C)C)=C1.CCN(CC)CC.[Cu+]. The van der Waals surface area contributed by atoms with Crippen LogP contribution in [0.15, 0.2) is 35.4 Å². The fourth-order valence-electron chi connectivity index (χ4n) is 4.37. The molecular formula is C34H57CuN2O2. The van der Waals surface area contributed by atoms with Crippen molar-refractivity contribution in [3.8, 4) is 5.75 Å². The number of carbonyl (C=O) groups excluding carboxylic acids is 1. The van der Waals surface area contributed by atoms with Crippen molar-refractivity contribution in [3.63, 3.8) is 0 Å². The quantitative estimate of drug-likeness (QED) is 0.349. The van der Waals surface area contributed by atoms with Crippen LogP contribution in [-0.4, -0.2) is 41.5 Å². The molecule has 0 amide bonds. The largest absolute Gasteiger partial charge is 1.00 e. The van der Waals surface area contributed by atoms with Crippen molar-refractivity contribution >= 4 is 11.5 Å². The number of rotatable bonds is 5. The predicted octanol–water partition coefficient (Wildman–Crippen LogP) is 9.23. The Morgan fingerprint density at radius 3 is 1.59 bits per heavy atom. The Labute approximate surface area is 251 Å². The Kier molecular flexibility index (Phi) is 13.3. The van der Waals surface area contributed by atoms with Crippen LogP contribution < -0.4 is 0 Å². The van der Waals surface area contributed by atoms with E-state index >= 15 is 0 Å². The van der Waals surface area contributed by atoms with Crippen LogP contribution in [-0.2, 0) is 32.7 Å². The van der Waals surface area contributed by atoms with Gasteiger partial charge in [0.15, 0.2) is 0 Å². The second kappa shape index (κ2) is 13.9. The Morgan fingerprint density at radius 1 is 0.769 bits per heavy atom. The molecule has 1 aromatic carbocycles. The third kappa shape index (κ3) is 10.4. The van der Waals surface area contributed by atoms with Gasteiger partial charge in [0.1, 0.15) is 11.5 Å². The second-order valence-corrected chi connectivity index (χ2v) is 14.6. The Morgan fingerprint density at radius 2 is 1.26 bits per heavy atom. The standard InChI is InChI=1S/C28H42NO2.C6H15N.Cu/c1-25(2,3)17-13-19(27(7,8)9)23(30)21(15-17)29-22-16-18(26(4,5)6)14-20(24(22)31)28(10,11)12;1-4-7(5-2)6-3;/h13-16,21,31H,1-12H3;4-6H2,1-3H3;/q-1;;+1. The van der Waals surface area contributed by atoms with E-state index in [0.29, 0.717) is 5.69 Å². The summed E-state index contributed by atoms with van der Waals surface area (Å²) in [5, 5.41) is 16.0. The molecule has 1 aliphatic carbocycles. The van der Waals surface area contributed by atoms with Crippen molar-refractivity contribution in [1.82, 2.24) is 4.90 Å². The summed E-state index contributed by atoms with van der Waals surface area (Å²) in [6.07, 6.45) is 4.01. The zero-order valence-corrected chi connectivity index (χ0v) is 28.5. The molecule has 0 spiro atoms. The molecule has 0 aliphatic heterocycles. The molecule has 226 valence electrons. The van der Waals surface area contributed by atoms with E-state index in [0.717, 1.165) is 22.3 Å². The molecule has 0 saturated carbocycles. The van der Waals surface area contributed by atoms with Crippen LogP contribution >= 0.6 is 0 Å². The maximum atomic E-state index is 13.4. The van der Waals surface area contributed by atoms with E-state index in [2.05, 4.69) is 115 Å². The van der Waals surface area contributed by atoms with Crippen molar-refractivity contribution in [2.24, 2.45) is 10.8 Å². The molecular weight excluding hydrogens is 532 g/mol. The summed E-state index contributed by atoms with van der Waals surface area (Å²) in [4.78, 5) is 15.8. The van der Waals surface area contributed by atoms with Gasteiger partial charge in [-0.3, -0.25) is 4.79 Å².